The van der Waals surface area contributed by atoms with E-state index in [0.717, 1.165) is 41.6 Å². The molecule has 0 spiro atoms. The van der Waals surface area contributed by atoms with Gasteiger partial charge in [-0.2, -0.15) is 0 Å². The maximum Gasteiger partial charge on any atom is 0.155 e. The molecule has 4 heteroatoms. The molecular weight excluding hydrogens is 277 g/mol. The molecule has 0 N–H and O–H groups in total. The van der Waals surface area contributed by atoms with Crippen LogP contribution < -0.4 is 4.90 Å². The van der Waals surface area contributed by atoms with E-state index >= 15 is 0 Å². The molecule has 22 heavy (non-hydrogen) atoms. The van der Waals surface area contributed by atoms with Gasteiger partial charge in [-0.05, 0) is 56.5 Å². The zero-order valence-corrected chi connectivity index (χ0v) is 12.8. The number of aryl methyl sites for hydroxylation is 1. The summed E-state index contributed by atoms with van der Waals surface area (Å²) in [4.78, 5) is 11.8. The Labute approximate surface area is 130 Å². The Balaban J connectivity index is 2.11. The van der Waals surface area contributed by atoms with Crippen molar-refractivity contribution in [1.29, 1.82) is 0 Å². The molecule has 3 rings (SSSR count). The van der Waals surface area contributed by atoms with Gasteiger partial charge in [-0.1, -0.05) is 6.58 Å². The number of anilines is 1. The van der Waals surface area contributed by atoms with Crippen molar-refractivity contribution in [3.8, 4) is 11.3 Å². The highest BCUT2D eigenvalue weighted by atomic mass is 19.1. The number of hydrogen-bond donors (Lipinski definition) is 0. The lowest BCUT2D eigenvalue weighted by Gasteiger charge is -2.29. The summed E-state index contributed by atoms with van der Waals surface area (Å²) in [5.41, 5.74) is 3.37. The minimum atomic E-state index is -0.240. The average molecular weight is 297 g/mol. The van der Waals surface area contributed by atoms with Crippen LogP contribution in [-0.2, 0) is 0 Å². The number of benzene rings is 1. The summed E-state index contributed by atoms with van der Waals surface area (Å²) in [6.45, 7) is 7.73. The highest BCUT2D eigenvalue weighted by Crippen LogP contribution is 2.30. The Hall–Kier alpha value is -2.23. The molecule has 0 aliphatic carbocycles. The second-order valence-electron chi connectivity index (χ2n) is 5.63. The molecule has 1 aromatic heterocycles. The van der Waals surface area contributed by atoms with Gasteiger partial charge in [-0.15, -0.1) is 0 Å². The highest BCUT2D eigenvalue weighted by Gasteiger charge is 2.19. The molecule has 1 saturated heterocycles. The fourth-order valence-electron chi connectivity index (χ4n) is 2.84. The zero-order valence-electron chi connectivity index (χ0n) is 12.8. The van der Waals surface area contributed by atoms with Gasteiger partial charge in [0, 0.05) is 18.7 Å². The number of hydrogen-bond acceptors (Lipinski definition) is 3. The van der Waals surface area contributed by atoms with Crippen LogP contribution in [0.5, 0.6) is 0 Å². The lowest BCUT2D eigenvalue weighted by atomic mass is 10.1. The van der Waals surface area contributed by atoms with E-state index in [0.29, 0.717) is 0 Å². The summed E-state index contributed by atoms with van der Waals surface area (Å²) >= 11 is 0. The number of rotatable bonds is 3. The van der Waals surface area contributed by atoms with Crippen molar-refractivity contribution in [2.24, 2.45) is 0 Å². The third-order valence-electron chi connectivity index (χ3n) is 4.05. The molecular formula is C18H20FN3. The van der Waals surface area contributed by atoms with Crippen molar-refractivity contribution in [1.82, 2.24) is 9.97 Å². The molecule has 2 aromatic rings. The highest BCUT2D eigenvalue weighted by molar-refractivity contribution is 5.73. The molecule has 1 aromatic carbocycles. The lowest BCUT2D eigenvalue weighted by molar-refractivity contribution is 0.573. The van der Waals surface area contributed by atoms with Crippen LogP contribution in [0.25, 0.3) is 17.3 Å². The number of nitrogens with zero attached hydrogens (tertiary/aromatic N) is 3. The average Bonchev–Trinajstić information content (AvgIpc) is 2.56. The smallest absolute Gasteiger partial charge is 0.155 e. The summed E-state index contributed by atoms with van der Waals surface area (Å²) in [5.74, 6) is 0.641. The van der Waals surface area contributed by atoms with Crippen molar-refractivity contribution in [3.05, 3.63) is 48.0 Å². The molecule has 0 bridgehead atoms. The van der Waals surface area contributed by atoms with Gasteiger partial charge in [0.2, 0.25) is 0 Å². The molecule has 0 amide bonds. The van der Waals surface area contributed by atoms with E-state index in [1.54, 1.807) is 18.2 Å². The van der Waals surface area contributed by atoms with E-state index in [1.165, 1.54) is 31.4 Å². The van der Waals surface area contributed by atoms with Crippen molar-refractivity contribution < 1.29 is 4.39 Å². The van der Waals surface area contributed by atoms with Gasteiger partial charge >= 0.3 is 0 Å². The monoisotopic (exact) mass is 297 g/mol. The van der Waals surface area contributed by atoms with Crippen LogP contribution in [0.1, 0.15) is 30.7 Å². The molecule has 1 fully saturated rings. The van der Waals surface area contributed by atoms with E-state index in [4.69, 9.17) is 9.97 Å². The Kier molecular flexibility index (Phi) is 4.18. The first-order valence-corrected chi connectivity index (χ1v) is 7.71. The molecule has 0 atom stereocenters. The van der Waals surface area contributed by atoms with Gasteiger partial charge in [0.25, 0.3) is 0 Å². The Morgan fingerprint density at radius 2 is 1.77 bits per heavy atom. The molecule has 1 aliphatic heterocycles. The SMILES string of the molecule is C=Cc1nc(N2CCCCC2)c(-c2ccc(F)cc2)nc1C. The van der Waals surface area contributed by atoms with E-state index < -0.39 is 0 Å². The van der Waals surface area contributed by atoms with Crippen LogP contribution in [0.3, 0.4) is 0 Å². The van der Waals surface area contributed by atoms with Crippen molar-refractivity contribution in [2.75, 3.05) is 18.0 Å². The Morgan fingerprint density at radius 1 is 1.09 bits per heavy atom. The maximum absolute atomic E-state index is 13.2. The molecule has 0 unspecified atom stereocenters. The quantitative estimate of drug-likeness (QED) is 0.849. The van der Waals surface area contributed by atoms with Crippen molar-refractivity contribution >= 4 is 11.9 Å². The largest absolute Gasteiger partial charge is 0.355 e. The van der Waals surface area contributed by atoms with Gasteiger partial charge < -0.3 is 4.90 Å². The molecule has 2 heterocycles. The predicted molar refractivity (Wildman–Crippen MR) is 88.3 cm³/mol. The van der Waals surface area contributed by atoms with Crippen LogP contribution in [0.2, 0.25) is 0 Å². The van der Waals surface area contributed by atoms with Crippen molar-refractivity contribution in [3.63, 3.8) is 0 Å². The van der Waals surface area contributed by atoms with Crippen LogP contribution >= 0.6 is 0 Å². The van der Waals surface area contributed by atoms with E-state index in [-0.39, 0.29) is 5.82 Å². The zero-order chi connectivity index (χ0) is 15.5. The van der Waals surface area contributed by atoms with E-state index in [9.17, 15) is 4.39 Å². The number of piperidine rings is 1. The van der Waals surface area contributed by atoms with Crippen LogP contribution in [0, 0.1) is 12.7 Å². The summed E-state index contributed by atoms with van der Waals surface area (Å²) in [6.07, 6.45) is 5.34. The van der Waals surface area contributed by atoms with E-state index in [1.807, 2.05) is 6.92 Å². The first-order valence-electron chi connectivity index (χ1n) is 7.71. The van der Waals surface area contributed by atoms with Gasteiger partial charge in [-0.3, -0.25) is 0 Å². The van der Waals surface area contributed by atoms with Gasteiger partial charge in [-0.25, -0.2) is 14.4 Å². The first-order chi connectivity index (χ1) is 10.7. The summed E-state index contributed by atoms with van der Waals surface area (Å²) in [7, 11) is 0. The molecule has 1 aliphatic rings. The van der Waals surface area contributed by atoms with Crippen molar-refractivity contribution in [2.45, 2.75) is 26.2 Å². The molecule has 114 valence electrons. The minimum Gasteiger partial charge on any atom is -0.355 e. The number of halogens is 1. The third kappa shape index (κ3) is 2.86. The van der Waals surface area contributed by atoms with Crippen LogP contribution in [0.15, 0.2) is 30.8 Å². The Morgan fingerprint density at radius 3 is 2.41 bits per heavy atom. The lowest BCUT2D eigenvalue weighted by Crippen LogP contribution is -2.31. The normalized spacial score (nSPS) is 14.9. The molecule has 0 radical (unpaired) electrons. The first kappa shape index (κ1) is 14.7. The minimum absolute atomic E-state index is 0.240. The van der Waals surface area contributed by atoms with Crippen LogP contribution in [-0.4, -0.2) is 23.1 Å². The Bertz CT molecular complexity index is 673. The fraction of sp³-hybridized carbons (Fsp3) is 0.333. The topological polar surface area (TPSA) is 29.0 Å². The van der Waals surface area contributed by atoms with Gasteiger partial charge in [0.1, 0.15) is 11.5 Å². The number of aromatic nitrogens is 2. The predicted octanol–water partition coefficient (Wildman–Crippen LogP) is 4.22. The fourth-order valence-corrected chi connectivity index (χ4v) is 2.84. The maximum atomic E-state index is 13.2. The molecule has 3 nitrogen and oxygen atoms in total. The molecule has 0 saturated carbocycles. The summed E-state index contributed by atoms with van der Waals surface area (Å²) < 4.78 is 13.2. The summed E-state index contributed by atoms with van der Waals surface area (Å²) in [6, 6.07) is 6.46. The van der Waals surface area contributed by atoms with Crippen LogP contribution in [0.4, 0.5) is 10.2 Å². The third-order valence-corrected chi connectivity index (χ3v) is 4.05. The standard InChI is InChI=1S/C18H20FN3/c1-3-16-13(2)20-17(14-7-9-15(19)10-8-14)18(21-16)22-11-5-4-6-12-22/h3,7-10H,1,4-6,11-12H2,2H3. The van der Waals surface area contributed by atoms with E-state index in [2.05, 4.69) is 11.5 Å². The second-order valence-corrected chi connectivity index (χ2v) is 5.63. The van der Waals surface area contributed by atoms with Gasteiger partial charge in [0.05, 0.1) is 11.4 Å². The summed E-state index contributed by atoms with van der Waals surface area (Å²) in [5, 5.41) is 0. The second kappa shape index (κ2) is 6.26. The van der Waals surface area contributed by atoms with Gasteiger partial charge in [0.15, 0.2) is 5.82 Å².